The van der Waals surface area contributed by atoms with Crippen molar-refractivity contribution in [1.29, 1.82) is 0 Å². The summed E-state index contributed by atoms with van der Waals surface area (Å²) in [6.07, 6.45) is 4.97. The zero-order chi connectivity index (χ0) is 37.7. The van der Waals surface area contributed by atoms with Crippen LogP contribution in [0.3, 0.4) is 0 Å². The summed E-state index contributed by atoms with van der Waals surface area (Å²) in [7, 11) is 0. The van der Waals surface area contributed by atoms with E-state index in [4.69, 9.17) is 0 Å². The molecule has 6 N–H and O–H groups in total. The molecule has 4 aromatic rings. The quantitative estimate of drug-likeness (QED) is 0.0278. The van der Waals surface area contributed by atoms with Gasteiger partial charge in [-0.15, -0.1) is 0 Å². The molecular weight excluding hydrogens is 668 g/mol. The van der Waals surface area contributed by atoms with E-state index in [0.717, 1.165) is 67.2 Å². The van der Waals surface area contributed by atoms with Crippen molar-refractivity contribution in [3.8, 4) is 0 Å². The second-order valence-electron chi connectivity index (χ2n) is 13.6. The highest BCUT2D eigenvalue weighted by Gasteiger charge is 2.43. The number of unbranched alkanes of at least 4 members (excludes halogenated alkanes) is 4. The third-order valence-corrected chi connectivity index (χ3v) is 9.54. The lowest BCUT2D eigenvalue weighted by atomic mass is 9.78. The van der Waals surface area contributed by atoms with Crippen LogP contribution >= 0.6 is 0 Å². The highest BCUT2D eigenvalue weighted by atomic mass is 16.4. The van der Waals surface area contributed by atoms with Gasteiger partial charge in [0.15, 0.2) is 0 Å². The Morgan fingerprint density at radius 3 is 1.62 bits per heavy atom. The third kappa shape index (κ3) is 14.3. The van der Waals surface area contributed by atoms with Crippen LogP contribution in [0, 0.1) is 5.92 Å². The zero-order valence-electron chi connectivity index (χ0n) is 30.2. The fourth-order valence-electron chi connectivity index (χ4n) is 6.96. The summed E-state index contributed by atoms with van der Waals surface area (Å²) in [6, 6.07) is 37.3. The highest BCUT2D eigenvalue weighted by molar-refractivity contribution is 5.94. The van der Waals surface area contributed by atoms with Gasteiger partial charge in [-0.25, -0.2) is 9.59 Å². The average molecular weight is 721 g/mol. The number of carbonyl (C=O) groups excluding carboxylic acids is 2. The SMILES string of the molecule is O=CC(Cc1ccccc1)NCCCCCCC[C@@H](Cc1ccccc1)C(Cc1ccccc1)(NC(=O)O)N[C@@H](Cc1ccccc1)C(=O)NC(=O)O. The molecule has 4 rings (SSSR count). The van der Waals surface area contributed by atoms with E-state index in [1.807, 2.05) is 127 Å². The molecular formula is C43H52N4O6. The Morgan fingerprint density at radius 1 is 0.604 bits per heavy atom. The predicted octanol–water partition coefficient (Wildman–Crippen LogP) is 6.79. The fraction of sp³-hybridized carbons (Fsp3) is 0.349. The minimum absolute atomic E-state index is 0.139. The number of hydrogen-bond donors (Lipinski definition) is 6. The van der Waals surface area contributed by atoms with E-state index < -0.39 is 29.8 Å². The number of hydrogen-bond acceptors (Lipinski definition) is 6. The molecule has 0 aromatic heterocycles. The van der Waals surface area contributed by atoms with Gasteiger partial charge in [-0.2, -0.15) is 0 Å². The number of amides is 3. The molecule has 0 saturated carbocycles. The summed E-state index contributed by atoms with van der Waals surface area (Å²) < 4.78 is 0. The average Bonchev–Trinajstić information content (AvgIpc) is 3.15. The standard InChI is InChI=1S/C43H52N4O6/c48-32-38(29-34-20-10-5-11-21-34)44-27-17-3-1-2-16-26-37(28-33-18-8-4-9-19-33)43(47-42(52)53,31-36-24-14-7-15-25-36)46-39(40(49)45-41(50)51)30-35-22-12-6-13-23-35/h4-15,18-25,32,37-39,44,46-47H,1-3,16-17,26-31H2,(H,45,49)(H,50,51)(H,52,53)/t37-,38?,39-,43?/m0/s1. The van der Waals surface area contributed by atoms with Gasteiger partial charge in [-0.05, 0) is 66.8 Å². The van der Waals surface area contributed by atoms with Gasteiger partial charge in [0.2, 0.25) is 5.91 Å². The molecule has 10 nitrogen and oxygen atoms in total. The Balaban J connectivity index is 1.53. The summed E-state index contributed by atoms with van der Waals surface area (Å²) in [6.45, 7) is 0.737. The fourth-order valence-corrected chi connectivity index (χ4v) is 6.96. The molecule has 4 atom stereocenters. The first-order valence-corrected chi connectivity index (χ1v) is 18.4. The summed E-state index contributed by atoms with van der Waals surface area (Å²) in [5.41, 5.74) is 2.43. The summed E-state index contributed by atoms with van der Waals surface area (Å²) in [5.74, 6) is -1.09. The van der Waals surface area contributed by atoms with Crippen LogP contribution in [-0.4, -0.2) is 58.9 Å². The molecule has 0 radical (unpaired) electrons. The normalized spacial score (nSPS) is 13.9. The first kappa shape index (κ1) is 40.5. The number of carbonyl (C=O) groups is 4. The van der Waals surface area contributed by atoms with E-state index in [2.05, 4.69) is 16.0 Å². The third-order valence-electron chi connectivity index (χ3n) is 9.54. The van der Waals surface area contributed by atoms with E-state index in [9.17, 15) is 29.4 Å². The molecule has 10 heteroatoms. The first-order chi connectivity index (χ1) is 25.8. The second kappa shape index (κ2) is 21.9. The van der Waals surface area contributed by atoms with Crippen molar-refractivity contribution >= 4 is 24.4 Å². The number of carboxylic acid groups (broad SMARTS) is 2. The molecule has 280 valence electrons. The smallest absolute Gasteiger partial charge is 0.411 e. The molecule has 3 amide bonds. The van der Waals surface area contributed by atoms with Crippen LogP contribution in [0.1, 0.15) is 60.8 Å². The van der Waals surface area contributed by atoms with Crippen LogP contribution in [-0.2, 0) is 35.3 Å². The van der Waals surface area contributed by atoms with Gasteiger partial charge in [0.25, 0.3) is 0 Å². The van der Waals surface area contributed by atoms with E-state index in [0.29, 0.717) is 19.3 Å². The molecule has 0 fully saturated rings. The van der Waals surface area contributed by atoms with E-state index in [-0.39, 0.29) is 24.8 Å². The van der Waals surface area contributed by atoms with Crippen LogP contribution in [0.2, 0.25) is 0 Å². The molecule has 0 saturated heterocycles. The zero-order valence-corrected chi connectivity index (χ0v) is 30.2. The minimum Gasteiger partial charge on any atom is -0.465 e. The lowest BCUT2D eigenvalue weighted by Gasteiger charge is -2.44. The van der Waals surface area contributed by atoms with Crippen LogP contribution in [0.15, 0.2) is 121 Å². The van der Waals surface area contributed by atoms with Crippen molar-refractivity contribution in [3.63, 3.8) is 0 Å². The first-order valence-electron chi connectivity index (χ1n) is 18.4. The molecule has 0 aliphatic rings. The highest BCUT2D eigenvalue weighted by Crippen LogP contribution is 2.31. The van der Waals surface area contributed by atoms with Gasteiger partial charge in [0.05, 0.1) is 12.1 Å². The molecule has 0 aliphatic heterocycles. The van der Waals surface area contributed by atoms with Gasteiger partial charge in [0, 0.05) is 6.42 Å². The van der Waals surface area contributed by atoms with E-state index in [1.165, 1.54) is 0 Å². The number of benzene rings is 4. The molecule has 4 aromatic carbocycles. The number of imide groups is 1. The maximum absolute atomic E-state index is 13.5. The van der Waals surface area contributed by atoms with Crippen LogP contribution in [0.5, 0.6) is 0 Å². The van der Waals surface area contributed by atoms with Gasteiger partial charge in [0.1, 0.15) is 11.9 Å². The van der Waals surface area contributed by atoms with Crippen molar-refractivity contribution in [2.45, 2.75) is 82.0 Å². The Labute approximate surface area is 312 Å². The molecule has 0 heterocycles. The second-order valence-corrected chi connectivity index (χ2v) is 13.6. The summed E-state index contributed by atoms with van der Waals surface area (Å²) in [4.78, 5) is 49.6. The van der Waals surface area contributed by atoms with Crippen molar-refractivity contribution in [2.24, 2.45) is 5.92 Å². The van der Waals surface area contributed by atoms with Crippen LogP contribution < -0.4 is 21.3 Å². The van der Waals surface area contributed by atoms with Gasteiger partial charge in [-0.1, -0.05) is 147 Å². The van der Waals surface area contributed by atoms with Crippen molar-refractivity contribution in [3.05, 3.63) is 144 Å². The molecule has 2 unspecified atom stereocenters. The van der Waals surface area contributed by atoms with E-state index in [1.54, 1.807) is 0 Å². The van der Waals surface area contributed by atoms with Gasteiger partial charge in [-0.3, -0.25) is 15.4 Å². The number of rotatable bonds is 23. The van der Waals surface area contributed by atoms with Crippen LogP contribution in [0.4, 0.5) is 9.59 Å². The monoisotopic (exact) mass is 720 g/mol. The molecule has 0 bridgehead atoms. The Hall–Kier alpha value is -5.32. The molecule has 0 aliphatic carbocycles. The Morgan fingerprint density at radius 2 is 1.09 bits per heavy atom. The lowest BCUT2D eigenvalue weighted by Crippen LogP contribution is -2.69. The Kier molecular flexibility index (Phi) is 16.7. The van der Waals surface area contributed by atoms with Gasteiger partial charge >= 0.3 is 12.2 Å². The topological polar surface area (TPSA) is 157 Å². The van der Waals surface area contributed by atoms with Crippen molar-refractivity contribution in [2.75, 3.05) is 6.54 Å². The largest absolute Gasteiger partial charge is 0.465 e. The summed E-state index contributed by atoms with van der Waals surface area (Å²) >= 11 is 0. The summed E-state index contributed by atoms with van der Waals surface area (Å²) in [5, 5.41) is 31.5. The van der Waals surface area contributed by atoms with E-state index >= 15 is 0 Å². The predicted molar refractivity (Wildman–Crippen MR) is 207 cm³/mol. The lowest BCUT2D eigenvalue weighted by molar-refractivity contribution is -0.123. The van der Waals surface area contributed by atoms with Crippen molar-refractivity contribution in [1.82, 2.24) is 21.3 Å². The van der Waals surface area contributed by atoms with Gasteiger partial charge < -0.3 is 25.6 Å². The van der Waals surface area contributed by atoms with Crippen molar-refractivity contribution < 1.29 is 29.4 Å². The number of nitrogens with one attached hydrogen (secondary N) is 4. The minimum atomic E-state index is -1.48. The Bertz CT molecular complexity index is 1680. The maximum Gasteiger partial charge on any atom is 0.411 e. The number of aldehydes is 1. The van der Waals surface area contributed by atoms with Crippen LogP contribution in [0.25, 0.3) is 0 Å². The molecule has 0 spiro atoms. The maximum atomic E-state index is 13.5. The molecule has 53 heavy (non-hydrogen) atoms.